The van der Waals surface area contributed by atoms with Crippen molar-refractivity contribution in [1.29, 1.82) is 0 Å². The van der Waals surface area contributed by atoms with E-state index in [1.807, 2.05) is 6.92 Å². The van der Waals surface area contributed by atoms with Gasteiger partial charge in [-0.3, -0.25) is 0 Å². The van der Waals surface area contributed by atoms with Crippen molar-refractivity contribution in [3.05, 3.63) is 35.6 Å². The molecule has 1 fully saturated rings. The monoisotopic (exact) mass is 210 g/mol. The first kappa shape index (κ1) is 10.6. The standard InChI is InChI=1S/C12H15FO2/c1-8-6-7-11(15-8)12(14)9-4-2-3-5-10(9)13/h2-5,8,11-12,14H,6-7H2,1H3. The fraction of sp³-hybridized carbons (Fsp3) is 0.500. The summed E-state index contributed by atoms with van der Waals surface area (Å²) in [5, 5.41) is 9.95. The Morgan fingerprint density at radius 2 is 2.13 bits per heavy atom. The van der Waals surface area contributed by atoms with E-state index in [2.05, 4.69) is 0 Å². The third-order valence-electron chi connectivity index (χ3n) is 2.84. The van der Waals surface area contributed by atoms with E-state index in [9.17, 15) is 9.50 Å². The minimum Gasteiger partial charge on any atom is -0.386 e. The van der Waals surface area contributed by atoms with E-state index < -0.39 is 6.10 Å². The molecule has 2 nitrogen and oxygen atoms in total. The summed E-state index contributed by atoms with van der Waals surface area (Å²) < 4.78 is 18.9. The zero-order valence-electron chi connectivity index (χ0n) is 8.69. The average molecular weight is 210 g/mol. The summed E-state index contributed by atoms with van der Waals surface area (Å²) in [5.74, 6) is -0.367. The van der Waals surface area contributed by atoms with E-state index in [0.717, 1.165) is 12.8 Å². The number of aliphatic hydroxyl groups is 1. The molecule has 0 amide bonds. The first-order chi connectivity index (χ1) is 7.18. The van der Waals surface area contributed by atoms with Gasteiger partial charge in [0.1, 0.15) is 11.9 Å². The van der Waals surface area contributed by atoms with Gasteiger partial charge in [-0.15, -0.1) is 0 Å². The molecule has 1 aromatic carbocycles. The third kappa shape index (κ3) is 2.19. The van der Waals surface area contributed by atoms with Crippen LogP contribution in [0.4, 0.5) is 4.39 Å². The molecule has 1 heterocycles. The van der Waals surface area contributed by atoms with Crippen LogP contribution < -0.4 is 0 Å². The Hall–Kier alpha value is -0.930. The van der Waals surface area contributed by atoms with Crippen molar-refractivity contribution in [3.8, 4) is 0 Å². The number of halogens is 1. The molecule has 0 radical (unpaired) electrons. The second kappa shape index (κ2) is 4.29. The lowest BCUT2D eigenvalue weighted by Crippen LogP contribution is -2.19. The molecule has 0 bridgehead atoms. The van der Waals surface area contributed by atoms with Crippen LogP contribution in [0.15, 0.2) is 24.3 Å². The van der Waals surface area contributed by atoms with Crippen LogP contribution in [-0.2, 0) is 4.74 Å². The third-order valence-corrected chi connectivity index (χ3v) is 2.84. The van der Waals surface area contributed by atoms with Crippen molar-refractivity contribution in [3.63, 3.8) is 0 Å². The zero-order valence-corrected chi connectivity index (χ0v) is 8.69. The molecule has 0 aliphatic carbocycles. The van der Waals surface area contributed by atoms with Crippen molar-refractivity contribution in [2.24, 2.45) is 0 Å². The van der Waals surface area contributed by atoms with Gasteiger partial charge in [0, 0.05) is 5.56 Å². The molecule has 0 spiro atoms. The SMILES string of the molecule is CC1CCC(C(O)c2ccccc2F)O1. The maximum atomic E-state index is 13.4. The Balaban J connectivity index is 2.14. The van der Waals surface area contributed by atoms with E-state index in [-0.39, 0.29) is 18.0 Å². The molecule has 1 N–H and O–H groups in total. The number of hydrogen-bond acceptors (Lipinski definition) is 2. The summed E-state index contributed by atoms with van der Waals surface area (Å²) in [4.78, 5) is 0. The maximum Gasteiger partial charge on any atom is 0.129 e. The van der Waals surface area contributed by atoms with Crippen LogP contribution in [0.25, 0.3) is 0 Å². The van der Waals surface area contributed by atoms with E-state index in [1.165, 1.54) is 6.07 Å². The summed E-state index contributed by atoms with van der Waals surface area (Å²) in [7, 11) is 0. The Morgan fingerprint density at radius 1 is 1.40 bits per heavy atom. The highest BCUT2D eigenvalue weighted by Gasteiger charge is 2.30. The average Bonchev–Trinajstić information content (AvgIpc) is 2.65. The predicted octanol–water partition coefficient (Wildman–Crippen LogP) is 2.43. The van der Waals surface area contributed by atoms with Crippen LogP contribution in [0.5, 0.6) is 0 Å². The number of aliphatic hydroxyl groups excluding tert-OH is 1. The zero-order chi connectivity index (χ0) is 10.8. The Kier molecular flexibility index (Phi) is 3.03. The van der Waals surface area contributed by atoms with Gasteiger partial charge in [0.25, 0.3) is 0 Å². The molecule has 3 heteroatoms. The lowest BCUT2D eigenvalue weighted by atomic mass is 10.0. The van der Waals surface area contributed by atoms with Gasteiger partial charge < -0.3 is 9.84 Å². The van der Waals surface area contributed by atoms with Crippen LogP contribution in [0.1, 0.15) is 31.4 Å². The molecule has 1 aliphatic heterocycles. The molecule has 1 aromatic rings. The van der Waals surface area contributed by atoms with Gasteiger partial charge in [-0.05, 0) is 25.8 Å². The largest absolute Gasteiger partial charge is 0.386 e. The van der Waals surface area contributed by atoms with Gasteiger partial charge in [0.2, 0.25) is 0 Å². The van der Waals surface area contributed by atoms with Gasteiger partial charge in [-0.1, -0.05) is 18.2 Å². The van der Waals surface area contributed by atoms with Crippen LogP contribution in [-0.4, -0.2) is 17.3 Å². The van der Waals surface area contributed by atoms with E-state index in [4.69, 9.17) is 4.74 Å². The molecule has 1 aliphatic rings. The molecule has 3 atom stereocenters. The van der Waals surface area contributed by atoms with Crippen molar-refractivity contribution in [1.82, 2.24) is 0 Å². The topological polar surface area (TPSA) is 29.5 Å². The molecule has 82 valence electrons. The van der Waals surface area contributed by atoms with E-state index >= 15 is 0 Å². The molecule has 2 rings (SSSR count). The molecular formula is C12H15FO2. The highest BCUT2D eigenvalue weighted by Crippen LogP contribution is 2.30. The van der Waals surface area contributed by atoms with Gasteiger partial charge in [0.15, 0.2) is 0 Å². The lowest BCUT2D eigenvalue weighted by Gasteiger charge is -2.19. The van der Waals surface area contributed by atoms with E-state index in [0.29, 0.717) is 5.56 Å². The molecular weight excluding hydrogens is 195 g/mol. The highest BCUT2D eigenvalue weighted by molar-refractivity contribution is 5.21. The molecule has 3 unspecified atom stereocenters. The fourth-order valence-electron chi connectivity index (χ4n) is 1.98. The maximum absolute atomic E-state index is 13.4. The summed E-state index contributed by atoms with van der Waals surface area (Å²) >= 11 is 0. The van der Waals surface area contributed by atoms with Crippen LogP contribution in [0.3, 0.4) is 0 Å². The van der Waals surface area contributed by atoms with Crippen LogP contribution in [0.2, 0.25) is 0 Å². The van der Waals surface area contributed by atoms with Crippen molar-refractivity contribution in [2.75, 3.05) is 0 Å². The Labute approximate surface area is 88.7 Å². The minimum atomic E-state index is -0.851. The molecule has 0 saturated carbocycles. The number of rotatable bonds is 2. The molecule has 1 saturated heterocycles. The number of ether oxygens (including phenoxy) is 1. The van der Waals surface area contributed by atoms with Gasteiger partial charge in [-0.25, -0.2) is 4.39 Å². The molecule has 15 heavy (non-hydrogen) atoms. The highest BCUT2D eigenvalue weighted by atomic mass is 19.1. The van der Waals surface area contributed by atoms with Crippen LogP contribution in [0, 0.1) is 5.82 Å². The molecule has 0 aromatic heterocycles. The Bertz CT molecular complexity index is 340. The van der Waals surface area contributed by atoms with Gasteiger partial charge in [0.05, 0.1) is 12.2 Å². The second-order valence-corrected chi connectivity index (χ2v) is 4.03. The first-order valence-corrected chi connectivity index (χ1v) is 5.26. The van der Waals surface area contributed by atoms with Crippen molar-refractivity contribution >= 4 is 0 Å². The van der Waals surface area contributed by atoms with E-state index in [1.54, 1.807) is 18.2 Å². The van der Waals surface area contributed by atoms with Gasteiger partial charge >= 0.3 is 0 Å². The number of benzene rings is 1. The Morgan fingerprint density at radius 3 is 2.73 bits per heavy atom. The lowest BCUT2D eigenvalue weighted by molar-refractivity contribution is -0.0310. The first-order valence-electron chi connectivity index (χ1n) is 5.26. The quantitative estimate of drug-likeness (QED) is 0.812. The smallest absolute Gasteiger partial charge is 0.129 e. The summed E-state index contributed by atoms with van der Waals surface area (Å²) in [6, 6.07) is 6.30. The van der Waals surface area contributed by atoms with Gasteiger partial charge in [-0.2, -0.15) is 0 Å². The minimum absolute atomic E-state index is 0.163. The summed E-state index contributed by atoms with van der Waals surface area (Å²) in [5.41, 5.74) is 0.330. The van der Waals surface area contributed by atoms with Crippen molar-refractivity contribution in [2.45, 2.75) is 38.1 Å². The fourth-order valence-corrected chi connectivity index (χ4v) is 1.98. The van der Waals surface area contributed by atoms with Crippen LogP contribution >= 0.6 is 0 Å². The normalized spacial score (nSPS) is 27.9. The summed E-state index contributed by atoms with van der Waals surface area (Å²) in [6.07, 6.45) is 0.761. The number of hydrogen-bond donors (Lipinski definition) is 1. The second-order valence-electron chi connectivity index (χ2n) is 4.03. The van der Waals surface area contributed by atoms with Crippen molar-refractivity contribution < 1.29 is 14.2 Å². The summed E-state index contributed by atoms with van der Waals surface area (Å²) in [6.45, 7) is 1.97. The predicted molar refractivity (Wildman–Crippen MR) is 54.9 cm³/mol.